The van der Waals surface area contributed by atoms with Gasteiger partial charge in [-0.3, -0.25) is 5.73 Å². The van der Waals surface area contributed by atoms with Crippen molar-refractivity contribution in [1.82, 2.24) is 0 Å². The van der Waals surface area contributed by atoms with Crippen LogP contribution < -0.4 is 26.7 Å². The molecular formula is C32H41N3O2. The van der Waals surface area contributed by atoms with Gasteiger partial charge < -0.3 is 20.9 Å². The summed E-state index contributed by atoms with van der Waals surface area (Å²) in [7, 11) is 0. The SMILES string of the molecule is CCc1ccc(N)cc1.CCc1ccc(OCN)cc1.CCc1ccc(Oc2ccc(CN)cc2)cc1. The van der Waals surface area contributed by atoms with Crippen LogP contribution in [-0.4, -0.2) is 6.73 Å². The molecule has 0 saturated carbocycles. The highest BCUT2D eigenvalue weighted by atomic mass is 16.5. The Labute approximate surface area is 222 Å². The molecule has 4 aromatic rings. The predicted molar refractivity (Wildman–Crippen MR) is 156 cm³/mol. The van der Waals surface area contributed by atoms with Crippen LogP contribution in [-0.2, 0) is 25.8 Å². The van der Waals surface area contributed by atoms with Gasteiger partial charge in [0.2, 0.25) is 0 Å². The molecule has 37 heavy (non-hydrogen) atoms. The van der Waals surface area contributed by atoms with Crippen molar-refractivity contribution in [2.24, 2.45) is 11.5 Å². The van der Waals surface area contributed by atoms with Crippen molar-refractivity contribution in [3.8, 4) is 17.2 Å². The van der Waals surface area contributed by atoms with Gasteiger partial charge in [-0.05, 0) is 90.0 Å². The molecule has 0 aliphatic rings. The van der Waals surface area contributed by atoms with Crippen molar-refractivity contribution in [1.29, 1.82) is 0 Å². The Hall–Kier alpha value is -3.80. The molecule has 4 aromatic carbocycles. The highest BCUT2D eigenvalue weighted by Gasteiger charge is 1.98. The van der Waals surface area contributed by atoms with E-state index in [0.29, 0.717) is 6.54 Å². The van der Waals surface area contributed by atoms with E-state index in [1.807, 2.05) is 72.8 Å². The van der Waals surface area contributed by atoms with Gasteiger partial charge in [-0.1, -0.05) is 69.3 Å². The van der Waals surface area contributed by atoms with Crippen molar-refractivity contribution < 1.29 is 9.47 Å². The summed E-state index contributed by atoms with van der Waals surface area (Å²) in [6, 6.07) is 31.9. The van der Waals surface area contributed by atoms with Crippen molar-refractivity contribution in [2.75, 3.05) is 12.5 Å². The van der Waals surface area contributed by atoms with Crippen molar-refractivity contribution in [3.63, 3.8) is 0 Å². The van der Waals surface area contributed by atoms with Crippen LogP contribution in [0.5, 0.6) is 17.2 Å². The normalized spacial score (nSPS) is 9.86. The lowest BCUT2D eigenvalue weighted by molar-refractivity contribution is 0.329. The molecule has 0 radical (unpaired) electrons. The first kappa shape index (κ1) is 29.4. The van der Waals surface area contributed by atoms with Crippen LogP contribution in [0.25, 0.3) is 0 Å². The van der Waals surface area contributed by atoms with Crippen LogP contribution in [0.1, 0.15) is 43.0 Å². The fourth-order valence-corrected chi connectivity index (χ4v) is 3.29. The Balaban J connectivity index is 0.000000208. The van der Waals surface area contributed by atoms with Crippen molar-refractivity contribution >= 4 is 5.69 Å². The third-order valence-electron chi connectivity index (χ3n) is 5.70. The summed E-state index contributed by atoms with van der Waals surface area (Å²) in [5.74, 6) is 2.54. The van der Waals surface area contributed by atoms with Gasteiger partial charge in [-0.15, -0.1) is 0 Å². The maximum atomic E-state index is 5.74. The highest BCUT2D eigenvalue weighted by Crippen LogP contribution is 2.22. The zero-order chi connectivity index (χ0) is 26.9. The molecule has 0 atom stereocenters. The van der Waals surface area contributed by atoms with Crippen LogP contribution in [0.4, 0.5) is 5.69 Å². The number of hydrogen-bond acceptors (Lipinski definition) is 5. The molecule has 0 amide bonds. The van der Waals surface area contributed by atoms with Gasteiger partial charge in [0.25, 0.3) is 0 Å². The molecule has 0 heterocycles. The summed E-state index contributed by atoms with van der Waals surface area (Å²) in [6.45, 7) is 7.20. The average molecular weight is 500 g/mol. The minimum absolute atomic E-state index is 0.242. The lowest BCUT2D eigenvalue weighted by Crippen LogP contribution is -2.06. The molecule has 196 valence electrons. The molecule has 0 fully saturated rings. The van der Waals surface area contributed by atoms with Gasteiger partial charge >= 0.3 is 0 Å². The van der Waals surface area contributed by atoms with Gasteiger partial charge in [-0.2, -0.15) is 0 Å². The highest BCUT2D eigenvalue weighted by molar-refractivity contribution is 5.39. The summed E-state index contributed by atoms with van der Waals surface area (Å²) < 4.78 is 10.8. The number of nitrogen functional groups attached to an aromatic ring is 1. The van der Waals surface area contributed by atoms with Gasteiger partial charge in [0.1, 0.15) is 24.0 Å². The van der Waals surface area contributed by atoms with Gasteiger partial charge in [0, 0.05) is 12.2 Å². The largest absolute Gasteiger partial charge is 0.479 e. The van der Waals surface area contributed by atoms with E-state index >= 15 is 0 Å². The lowest BCUT2D eigenvalue weighted by atomic mass is 10.2. The first-order valence-corrected chi connectivity index (χ1v) is 12.8. The second kappa shape index (κ2) is 16.8. The molecule has 0 unspecified atom stereocenters. The van der Waals surface area contributed by atoms with Crippen LogP contribution in [0.3, 0.4) is 0 Å². The lowest BCUT2D eigenvalue weighted by Gasteiger charge is -2.06. The van der Waals surface area contributed by atoms with Crippen molar-refractivity contribution in [3.05, 3.63) is 119 Å². The van der Waals surface area contributed by atoms with E-state index in [1.54, 1.807) is 0 Å². The first-order valence-electron chi connectivity index (χ1n) is 12.8. The first-order chi connectivity index (χ1) is 18.0. The summed E-state index contributed by atoms with van der Waals surface area (Å²) >= 11 is 0. The van der Waals surface area contributed by atoms with Crippen LogP contribution in [0.15, 0.2) is 97.1 Å². The molecule has 0 spiro atoms. The third kappa shape index (κ3) is 11.2. The van der Waals surface area contributed by atoms with E-state index in [9.17, 15) is 0 Å². The number of anilines is 1. The topological polar surface area (TPSA) is 96.5 Å². The maximum Gasteiger partial charge on any atom is 0.137 e. The quantitative estimate of drug-likeness (QED) is 0.181. The number of nitrogens with two attached hydrogens (primary N) is 3. The Morgan fingerprint density at radius 1 is 0.486 bits per heavy atom. The minimum atomic E-state index is 0.242. The molecule has 4 rings (SSSR count). The standard InChI is InChI=1S/C15H17NO.C9H13NO.C8H11N/c1-2-12-3-7-14(8-4-12)17-15-9-5-13(11-16)6-10-15;1-2-8-3-5-9(6-4-8)11-7-10;1-2-7-3-5-8(9)6-4-7/h3-10H,2,11,16H2,1H3;3-6H,2,7,10H2,1H3;3-6H,2,9H2,1H3. The van der Waals surface area contributed by atoms with E-state index in [1.165, 1.54) is 16.7 Å². The van der Waals surface area contributed by atoms with Crippen molar-refractivity contribution in [2.45, 2.75) is 46.6 Å². The molecular weight excluding hydrogens is 458 g/mol. The van der Waals surface area contributed by atoms with Crippen LogP contribution in [0.2, 0.25) is 0 Å². The molecule has 0 aliphatic carbocycles. The van der Waals surface area contributed by atoms with Gasteiger partial charge in [-0.25, -0.2) is 0 Å². The minimum Gasteiger partial charge on any atom is -0.479 e. The molecule has 5 nitrogen and oxygen atoms in total. The zero-order valence-electron chi connectivity index (χ0n) is 22.3. The molecule has 0 saturated heterocycles. The fourth-order valence-electron chi connectivity index (χ4n) is 3.29. The Bertz CT molecular complexity index is 1080. The van der Waals surface area contributed by atoms with E-state index in [0.717, 1.165) is 47.8 Å². The van der Waals surface area contributed by atoms with Gasteiger partial charge in [0.15, 0.2) is 0 Å². The predicted octanol–water partition coefficient (Wildman–Crippen LogP) is 6.88. The third-order valence-corrected chi connectivity index (χ3v) is 5.70. The number of benzene rings is 4. The molecule has 6 N–H and O–H groups in total. The fraction of sp³-hybridized carbons (Fsp3) is 0.250. The number of ether oxygens (including phenoxy) is 2. The summed E-state index contributed by atoms with van der Waals surface area (Å²) in [5.41, 5.74) is 22.2. The molecule has 5 heteroatoms. The van der Waals surface area contributed by atoms with Gasteiger partial charge in [0.05, 0.1) is 0 Å². The maximum absolute atomic E-state index is 5.74. The second-order valence-corrected chi connectivity index (χ2v) is 8.35. The second-order valence-electron chi connectivity index (χ2n) is 8.35. The summed E-state index contributed by atoms with van der Waals surface area (Å²) in [6.07, 6.45) is 3.19. The van der Waals surface area contributed by atoms with Crippen LogP contribution >= 0.6 is 0 Å². The number of rotatable bonds is 8. The number of aryl methyl sites for hydroxylation is 3. The molecule has 0 aromatic heterocycles. The Kier molecular flexibility index (Phi) is 13.4. The smallest absolute Gasteiger partial charge is 0.137 e. The Morgan fingerprint density at radius 3 is 1.19 bits per heavy atom. The monoisotopic (exact) mass is 499 g/mol. The Morgan fingerprint density at radius 2 is 0.838 bits per heavy atom. The summed E-state index contributed by atoms with van der Waals surface area (Å²) in [4.78, 5) is 0. The van der Waals surface area contributed by atoms with E-state index in [-0.39, 0.29) is 6.73 Å². The zero-order valence-corrected chi connectivity index (χ0v) is 22.3. The van der Waals surface area contributed by atoms with E-state index in [4.69, 9.17) is 26.7 Å². The molecule has 0 aliphatic heterocycles. The van der Waals surface area contributed by atoms with Crippen LogP contribution in [0, 0.1) is 0 Å². The average Bonchev–Trinajstić information content (AvgIpc) is 2.96. The number of hydrogen-bond donors (Lipinski definition) is 3. The molecule has 0 bridgehead atoms. The van der Waals surface area contributed by atoms with E-state index < -0.39 is 0 Å². The summed E-state index contributed by atoms with van der Waals surface area (Å²) in [5, 5.41) is 0. The van der Waals surface area contributed by atoms with E-state index in [2.05, 4.69) is 45.0 Å².